The summed E-state index contributed by atoms with van der Waals surface area (Å²) in [6.07, 6.45) is 1.56. The zero-order valence-electron chi connectivity index (χ0n) is 9.99. The Hall–Kier alpha value is -2.60. The third-order valence-corrected chi connectivity index (χ3v) is 2.95. The van der Waals surface area contributed by atoms with E-state index in [1.54, 1.807) is 30.5 Å². The molecular formula is C13H8ClN3O3. The van der Waals surface area contributed by atoms with Crippen LogP contribution in [0.3, 0.4) is 0 Å². The Morgan fingerprint density at radius 1 is 1.10 bits per heavy atom. The maximum atomic E-state index is 9.77. The first-order valence-electron chi connectivity index (χ1n) is 5.62. The van der Waals surface area contributed by atoms with Crippen LogP contribution < -0.4 is 0 Å². The van der Waals surface area contributed by atoms with Gasteiger partial charge in [0.25, 0.3) is 5.89 Å². The van der Waals surface area contributed by atoms with Crippen LogP contribution in [0.4, 0.5) is 0 Å². The van der Waals surface area contributed by atoms with Crippen LogP contribution in [-0.4, -0.2) is 25.3 Å². The molecule has 20 heavy (non-hydrogen) atoms. The standard InChI is InChI=1S/C13H8ClN3O3/c14-8-4-2-6-15-10(8)12-16-13(20-17-12)7-3-1-5-9(18)11(7)19/h1-6,18-19H. The Kier molecular flexibility index (Phi) is 3.00. The number of pyridine rings is 1. The zero-order chi connectivity index (χ0) is 14.1. The minimum atomic E-state index is -0.324. The SMILES string of the molecule is Oc1cccc(-c2nc(-c3ncccc3Cl)no2)c1O. The highest BCUT2D eigenvalue weighted by molar-refractivity contribution is 6.32. The van der Waals surface area contributed by atoms with Crippen molar-refractivity contribution in [3.05, 3.63) is 41.6 Å². The molecule has 2 heterocycles. The fraction of sp³-hybridized carbons (Fsp3) is 0. The van der Waals surface area contributed by atoms with Gasteiger partial charge in [-0.3, -0.25) is 4.98 Å². The molecular weight excluding hydrogens is 282 g/mol. The molecule has 2 aromatic heterocycles. The summed E-state index contributed by atoms with van der Waals surface area (Å²) in [5.41, 5.74) is 0.611. The quantitative estimate of drug-likeness (QED) is 0.705. The molecule has 0 saturated heterocycles. The number of halogens is 1. The van der Waals surface area contributed by atoms with Crippen molar-refractivity contribution in [2.24, 2.45) is 0 Å². The van der Waals surface area contributed by atoms with Crippen molar-refractivity contribution in [3.8, 4) is 34.5 Å². The largest absolute Gasteiger partial charge is 0.504 e. The number of hydrogen-bond donors (Lipinski definition) is 2. The normalized spacial score (nSPS) is 10.7. The average molecular weight is 290 g/mol. The number of phenolic OH excluding ortho intramolecular Hbond substituents is 2. The molecule has 0 fully saturated rings. The van der Waals surface area contributed by atoms with E-state index < -0.39 is 0 Å². The van der Waals surface area contributed by atoms with Gasteiger partial charge in [-0.25, -0.2) is 0 Å². The van der Waals surface area contributed by atoms with E-state index in [2.05, 4.69) is 15.1 Å². The fourth-order valence-electron chi connectivity index (χ4n) is 1.68. The summed E-state index contributed by atoms with van der Waals surface area (Å²) >= 11 is 6.00. The third-order valence-electron chi connectivity index (χ3n) is 2.64. The number of aromatic nitrogens is 3. The predicted octanol–water partition coefficient (Wildman–Crippen LogP) is 2.86. The Balaban J connectivity index is 2.07. The van der Waals surface area contributed by atoms with Crippen LogP contribution in [0.2, 0.25) is 5.02 Å². The molecule has 0 radical (unpaired) electrons. The molecule has 0 aliphatic heterocycles. The second kappa shape index (κ2) is 4.82. The number of para-hydroxylation sites is 1. The van der Waals surface area contributed by atoms with Crippen molar-refractivity contribution in [3.63, 3.8) is 0 Å². The second-order valence-corrected chi connectivity index (χ2v) is 4.34. The number of aromatic hydroxyl groups is 2. The number of benzene rings is 1. The minimum Gasteiger partial charge on any atom is -0.504 e. The first-order valence-corrected chi connectivity index (χ1v) is 6.00. The zero-order valence-corrected chi connectivity index (χ0v) is 10.7. The van der Waals surface area contributed by atoms with Gasteiger partial charge in [0.15, 0.2) is 11.5 Å². The van der Waals surface area contributed by atoms with E-state index >= 15 is 0 Å². The number of phenols is 2. The van der Waals surface area contributed by atoms with Crippen molar-refractivity contribution >= 4 is 11.6 Å². The van der Waals surface area contributed by atoms with Crippen molar-refractivity contribution in [2.75, 3.05) is 0 Å². The van der Waals surface area contributed by atoms with Crippen LogP contribution in [0.1, 0.15) is 0 Å². The van der Waals surface area contributed by atoms with Gasteiger partial charge in [0, 0.05) is 6.20 Å². The maximum absolute atomic E-state index is 9.77. The van der Waals surface area contributed by atoms with E-state index in [0.717, 1.165) is 0 Å². The molecule has 0 atom stereocenters. The Morgan fingerprint density at radius 3 is 2.75 bits per heavy atom. The molecule has 0 bridgehead atoms. The molecule has 0 spiro atoms. The van der Waals surface area contributed by atoms with Crippen LogP contribution in [0.15, 0.2) is 41.1 Å². The molecule has 1 aromatic carbocycles. The lowest BCUT2D eigenvalue weighted by atomic mass is 10.2. The molecule has 100 valence electrons. The summed E-state index contributed by atoms with van der Waals surface area (Å²) in [5.74, 6) is -0.323. The number of nitrogens with zero attached hydrogens (tertiary/aromatic N) is 3. The lowest BCUT2D eigenvalue weighted by Gasteiger charge is -2.00. The van der Waals surface area contributed by atoms with E-state index in [-0.39, 0.29) is 28.8 Å². The first-order chi connectivity index (χ1) is 9.66. The van der Waals surface area contributed by atoms with Crippen LogP contribution in [0.25, 0.3) is 23.0 Å². The molecule has 3 aromatic rings. The monoisotopic (exact) mass is 289 g/mol. The fourth-order valence-corrected chi connectivity index (χ4v) is 1.89. The average Bonchev–Trinajstić information content (AvgIpc) is 2.92. The molecule has 7 heteroatoms. The van der Waals surface area contributed by atoms with Gasteiger partial charge in [0.2, 0.25) is 5.82 Å². The van der Waals surface area contributed by atoms with Crippen molar-refractivity contribution in [1.29, 1.82) is 0 Å². The van der Waals surface area contributed by atoms with E-state index in [0.29, 0.717) is 10.7 Å². The molecule has 6 nitrogen and oxygen atoms in total. The topological polar surface area (TPSA) is 92.3 Å². The third kappa shape index (κ3) is 2.06. The summed E-state index contributed by atoms with van der Waals surface area (Å²) in [6.45, 7) is 0. The number of rotatable bonds is 2. The van der Waals surface area contributed by atoms with Crippen molar-refractivity contribution in [1.82, 2.24) is 15.1 Å². The van der Waals surface area contributed by atoms with Crippen LogP contribution >= 0.6 is 11.6 Å². The summed E-state index contributed by atoms with van der Waals surface area (Å²) < 4.78 is 5.07. The summed E-state index contributed by atoms with van der Waals surface area (Å²) in [7, 11) is 0. The van der Waals surface area contributed by atoms with Crippen LogP contribution in [0, 0.1) is 0 Å². The predicted molar refractivity (Wildman–Crippen MR) is 71.3 cm³/mol. The van der Waals surface area contributed by atoms with Gasteiger partial charge in [-0.15, -0.1) is 0 Å². The molecule has 0 unspecified atom stereocenters. The lowest BCUT2D eigenvalue weighted by Crippen LogP contribution is -1.86. The minimum absolute atomic E-state index is 0.0649. The first kappa shape index (κ1) is 12.4. The van der Waals surface area contributed by atoms with E-state index in [1.165, 1.54) is 6.07 Å². The maximum Gasteiger partial charge on any atom is 0.262 e. The van der Waals surface area contributed by atoms with E-state index in [1.807, 2.05) is 0 Å². The van der Waals surface area contributed by atoms with Crippen molar-refractivity contribution in [2.45, 2.75) is 0 Å². The molecule has 0 aliphatic rings. The summed E-state index contributed by atoms with van der Waals surface area (Å²) in [4.78, 5) is 8.18. The van der Waals surface area contributed by atoms with E-state index in [9.17, 15) is 10.2 Å². The molecule has 2 N–H and O–H groups in total. The van der Waals surface area contributed by atoms with Gasteiger partial charge in [0.05, 0.1) is 10.6 Å². The summed E-state index contributed by atoms with van der Waals surface area (Å²) in [5, 5.41) is 23.4. The smallest absolute Gasteiger partial charge is 0.262 e. The van der Waals surface area contributed by atoms with Gasteiger partial charge in [-0.2, -0.15) is 4.98 Å². The Bertz CT molecular complexity index is 773. The molecule has 0 saturated carbocycles. The summed E-state index contributed by atoms with van der Waals surface area (Å²) in [6, 6.07) is 7.81. The van der Waals surface area contributed by atoms with Crippen molar-refractivity contribution < 1.29 is 14.7 Å². The van der Waals surface area contributed by atoms with Crippen LogP contribution in [0.5, 0.6) is 11.5 Å². The van der Waals surface area contributed by atoms with Crippen LogP contribution in [-0.2, 0) is 0 Å². The van der Waals surface area contributed by atoms with Gasteiger partial charge in [-0.1, -0.05) is 22.8 Å². The lowest BCUT2D eigenvalue weighted by molar-refractivity contribution is 0.397. The molecule has 3 rings (SSSR count). The van der Waals surface area contributed by atoms with Gasteiger partial charge in [0.1, 0.15) is 5.69 Å². The molecule has 0 aliphatic carbocycles. The van der Waals surface area contributed by atoms with Gasteiger partial charge >= 0.3 is 0 Å². The van der Waals surface area contributed by atoms with Gasteiger partial charge < -0.3 is 14.7 Å². The Morgan fingerprint density at radius 2 is 1.95 bits per heavy atom. The highest BCUT2D eigenvalue weighted by atomic mass is 35.5. The highest BCUT2D eigenvalue weighted by Crippen LogP contribution is 2.36. The highest BCUT2D eigenvalue weighted by Gasteiger charge is 2.17. The van der Waals surface area contributed by atoms with Gasteiger partial charge in [-0.05, 0) is 24.3 Å². The number of hydrogen-bond acceptors (Lipinski definition) is 6. The Labute approximate surface area is 118 Å². The van der Waals surface area contributed by atoms with E-state index in [4.69, 9.17) is 16.1 Å². The second-order valence-electron chi connectivity index (χ2n) is 3.93. The molecule has 0 amide bonds.